The number of para-hydroxylation sites is 2. The molecule has 0 bridgehead atoms. The van der Waals surface area contributed by atoms with Crippen molar-refractivity contribution in [2.24, 2.45) is 0 Å². The molecule has 2 heterocycles. The fourth-order valence-electron chi connectivity index (χ4n) is 2.93. The van der Waals surface area contributed by atoms with Crippen molar-refractivity contribution in [2.45, 2.75) is 19.8 Å². The van der Waals surface area contributed by atoms with Gasteiger partial charge in [-0.25, -0.2) is 9.97 Å². The first kappa shape index (κ1) is 14.7. The molecule has 4 rings (SSSR count). The third-order valence-electron chi connectivity index (χ3n) is 4.28. The summed E-state index contributed by atoms with van der Waals surface area (Å²) in [5.74, 6) is 2.19. The third-order valence-corrected chi connectivity index (χ3v) is 4.28. The molecule has 24 heavy (non-hydrogen) atoms. The molecule has 0 atom stereocenters. The highest BCUT2D eigenvalue weighted by Gasteiger charge is 2.31. The minimum absolute atomic E-state index is 0.353. The van der Waals surface area contributed by atoms with E-state index >= 15 is 0 Å². The second-order valence-corrected chi connectivity index (χ2v) is 6.27. The van der Waals surface area contributed by atoms with Gasteiger partial charge < -0.3 is 9.80 Å². The molecule has 0 spiro atoms. The number of aromatic nitrogens is 2. The van der Waals surface area contributed by atoms with Crippen LogP contribution < -0.4 is 9.80 Å². The SMILES string of the molecule is CC(C)c1cnc2c(n1)N(c1ccccc1)CN2c1ccccc1. The quantitative estimate of drug-likeness (QED) is 0.691. The summed E-state index contributed by atoms with van der Waals surface area (Å²) in [7, 11) is 0. The molecule has 4 heteroatoms. The van der Waals surface area contributed by atoms with E-state index in [1.807, 2.05) is 18.3 Å². The average molecular weight is 316 g/mol. The zero-order valence-corrected chi connectivity index (χ0v) is 13.9. The molecule has 0 aliphatic carbocycles. The Balaban J connectivity index is 1.83. The van der Waals surface area contributed by atoms with Gasteiger partial charge in [0, 0.05) is 11.4 Å². The summed E-state index contributed by atoms with van der Waals surface area (Å²) < 4.78 is 0. The van der Waals surface area contributed by atoms with Crippen LogP contribution in [0.4, 0.5) is 23.0 Å². The van der Waals surface area contributed by atoms with Gasteiger partial charge >= 0.3 is 0 Å². The third kappa shape index (κ3) is 2.50. The highest BCUT2D eigenvalue weighted by atomic mass is 15.4. The van der Waals surface area contributed by atoms with E-state index in [4.69, 9.17) is 9.97 Å². The highest BCUT2D eigenvalue weighted by molar-refractivity contribution is 5.81. The number of hydrogen-bond donors (Lipinski definition) is 0. The van der Waals surface area contributed by atoms with Gasteiger partial charge in [-0.1, -0.05) is 50.2 Å². The van der Waals surface area contributed by atoms with Crippen LogP contribution in [0.5, 0.6) is 0 Å². The van der Waals surface area contributed by atoms with Crippen LogP contribution in [-0.2, 0) is 0 Å². The van der Waals surface area contributed by atoms with Gasteiger partial charge in [0.25, 0.3) is 0 Å². The Labute approximate surface area is 142 Å². The second-order valence-electron chi connectivity index (χ2n) is 6.27. The van der Waals surface area contributed by atoms with Gasteiger partial charge in [0.15, 0.2) is 11.6 Å². The predicted molar refractivity (Wildman–Crippen MR) is 98.2 cm³/mol. The maximum atomic E-state index is 4.91. The summed E-state index contributed by atoms with van der Waals surface area (Å²) in [6, 6.07) is 20.7. The number of benzene rings is 2. The standard InChI is InChI=1S/C20H20N4/c1-15(2)18-13-21-19-20(22-18)24(17-11-7-4-8-12-17)14-23(19)16-9-5-3-6-10-16/h3-13,15H,14H2,1-2H3. The number of anilines is 4. The van der Waals surface area contributed by atoms with Crippen molar-refractivity contribution in [3.8, 4) is 0 Å². The van der Waals surface area contributed by atoms with E-state index < -0.39 is 0 Å². The minimum atomic E-state index is 0.353. The summed E-state index contributed by atoms with van der Waals surface area (Å²) in [6.45, 7) is 5.01. The van der Waals surface area contributed by atoms with Crippen LogP contribution in [0.3, 0.4) is 0 Å². The second kappa shape index (κ2) is 5.96. The molecule has 1 aromatic heterocycles. The number of hydrogen-bond acceptors (Lipinski definition) is 4. The molecule has 1 aliphatic rings. The zero-order valence-electron chi connectivity index (χ0n) is 13.9. The first-order valence-corrected chi connectivity index (χ1v) is 8.26. The van der Waals surface area contributed by atoms with E-state index in [2.05, 4.69) is 72.2 Å². The van der Waals surface area contributed by atoms with E-state index in [0.717, 1.165) is 28.7 Å². The molecule has 1 aliphatic heterocycles. The molecule has 0 saturated heterocycles. The molecule has 0 amide bonds. The molecular formula is C20H20N4. The monoisotopic (exact) mass is 316 g/mol. The largest absolute Gasteiger partial charge is 0.305 e. The van der Waals surface area contributed by atoms with Gasteiger partial charge in [-0.05, 0) is 30.2 Å². The molecule has 120 valence electrons. The van der Waals surface area contributed by atoms with Crippen molar-refractivity contribution in [2.75, 3.05) is 16.5 Å². The maximum Gasteiger partial charge on any atom is 0.178 e. The van der Waals surface area contributed by atoms with Gasteiger partial charge in [-0.2, -0.15) is 0 Å². The lowest BCUT2D eigenvalue weighted by Gasteiger charge is -2.20. The number of rotatable bonds is 3. The molecular weight excluding hydrogens is 296 g/mol. The van der Waals surface area contributed by atoms with Crippen molar-refractivity contribution >= 4 is 23.0 Å². The van der Waals surface area contributed by atoms with E-state index in [0.29, 0.717) is 12.6 Å². The van der Waals surface area contributed by atoms with Crippen molar-refractivity contribution in [3.05, 3.63) is 72.6 Å². The normalized spacial score (nSPS) is 13.5. The Bertz CT molecular complexity index is 831. The van der Waals surface area contributed by atoms with Crippen molar-refractivity contribution in [1.29, 1.82) is 0 Å². The van der Waals surface area contributed by atoms with Crippen LogP contribution in [0.25, 0.3) is 0 Å². The molecule has 2 aromatic carbocycles. The summed E-state index contributed by atoms with van der Waals surface area (Å²) in [5, 5.41) is 0. The van der Waals surface area contributed by atoms with Crippen molar-refractivity contribution in [3.63, 3.8) is 0 Å². The fourth-order valence-corrected chi connectivity index (χ4v) is 2.93. The Morgan fingerprint density at radius 2 is 1.33 bits per heavy atom. The van der Waals surface area contributed by atoms with Gasteiger partial charge in [0.2, 0.25) is 0 Å². The van der Waals surface area contributed by atoms with Crippen LogP contribution >= 0.6 is 0 Å². The van der Waals surface area contributed by atoms with E-state index in [1.54, 1.807) is 0 Å². The molecule has 0 fully saturated rings. The molecule has 0 unspecified atom stereocenters. The smallest absolute Gasteiger partial charge is 0.178 e. The molecule has 3 aromatic rings. The Kier molecular flexibility index (Phi) is 3.65. The summed E-state index contributed by atoms with van der Waals surface area (Å²) >= 11 is 0. The molecule has 0 saturated carbocycles. The topological polar surface area (TPSA) is 32.3 Å². The zero-order chi connectivity index (χ0) is 16.5. The van der Waals surface area contributed by atoms with Gasteiger partial charge in [0.05, 0.1) is 11.9 Å². The first-order valence-electron chi connectivity index (χ1n) is 8.26. The average Bonchev–Trinajstić information content (AvgIpc) is 3.02. The van der Waals surface area contributed by atoms with Crippen LogP contribution in [-0.4, -0.2) is 16.6 Å². The Morgan fingerprint density at radius 3 is 1.88 bits per heavy atom. The summed E-state index contributed by atoms with van der Waals surface area (Å²) in [6.07, 6.45) is 1.90. The number of nitrogens with zero attached hydrogens (tertiary/aromatic N) is 4. The van der Waals surface area contributed by atoms with Crippen LogP contribution in [0.15, 0.2) is 66.9 Å². The van der Waals surface area contributed by atoms with E-state index in [9.17, 15) is 0 Å². The van der Waals surface area contributed by atoms with E-state index in [-0.39, 0.29) is 0 Å². The van der Waals surface area contributed by atoms with Gasteiger partial charge in [0.1, 0.15) is 6.67 Å². The van der Waals surface area contributed by atoms with Gasteiger partial charge in [-0.15, -0.1) is 0 Å². The van der Waals surface area contributed by atoms with Crippen molar-refractivity contribution in [1.82, 2.24) is 9.97 Å². The Hall–Kier alpha value is -2.88. The molecule has 0 radical (unpaired) electrons. The Morgan fingerprint density at radius 1 is 0.792 bits per heavy atom. The predicted octanol–water partition coefficient (Wildman–Crippen LogP) is 4.85. The molecule has 4 nitrogen and oxygen atoms in total. The summed E-state index contributed by atoms with van der Waals surface area (Å²) in [4.78, 5) is 14.1. The fraction of sp³-hybridized carbons (Fsp3) is 0.200. The lowest BCUT2D eigenvalue weighted by molar-refractivity contribution is 0.813. The van der Waals surface area contributed by atoms with Crippen molar-refractivity contribution < 1.29 is 0 Å². The lowest BCUT2D eigenvalue weighted by Crippen LogP contribution is -2.24. The highest BCUT2D eigenvalue weighted by Crippen LogP contribution is 2.41. The lowest BCUT2D eigenvalue weighted by atomic mass is 10.1. The maximum absolute atomic E-state index is 4.91. The van der Waals surface area contributed by atoms with Gasteiger partial charge in [-0.3, -0.25) is 0 Å². The summed E-state index contributed by atoms with van der Waals surface area (Å²) in [5.41, 5.74) is 3.28. The van der Waals surface area contributed by atoms with Crippen LogP contribution in [0, 0.1) is 0 Å². The molecule has 0 N–H and O–H groups in total. The minimum Gasteiger partial charge on any atom is -0.305 e. The number of fused-ring (bicyclic) bond motifs is 1. The van der Waals surface area contributed by atoms with Crippen LogP contribution in [0.2, 0.25) is 0 Å². The first-order chi connectivity index (χ1) is 11.7. The van der Waals surface area contributed by atoms with E-state index in [1.165, 1.54) is 0 Å². The van der Waals surface area contributed by atoms with Crippen LogP contribution in [0.1, 0.15) is 25.5 Å².